The first kappa shape index (κ1) is 39.0. The molecule has 4 heterocycles. The molecule has 2 aliphatic rings. The van der Waals surface area contributed by atoms with Crippen LogP contribution in [0.5, 0.6) is 0 Å². The zero-order valence-electron chi connectivity index (χ0n) is 30.3. The maximum Gasteiger partial charge on any atom is 0.259 e. The molecule has 2 unspecified atom stereocenters. The van der Waals surface area contributed by atoms with E-state index in [1.54, 1.807) is 53.3 Å². The zero-order chi connectivity index (χ0) is 37.1. The van der Waals surface area contributed by atoms with Crippen LogP contribution in [0.2, 0.25) is 0 Å². The Bertz CT molecular complexity index is 1760. The second-order valence-electron chi connectivity index (χ2n) is 14.2. The Morgan fingerprint density at radius 3 is 2.49 bits per heavy atom. The molecule has 1 aromatic carbocycles. The van der Waals surface area contributed by atoms with Gasteiger partial charge in [0, 0.05) is 36.0 Å². The minimum Gasteiger partial charge on any atom is -0.349 e. The van der Waals surface area contributed by atoms with Gasteiger partial charge in [-0.3, -0.25) is 18.3 Å². The molecule has 276 valence electrons. The van der Waals surface area contributed by atoms with E-state index in [9.17, 15) is 19.1 Å². The Balaban J connectivity index is 1.42. The van der Waals surface area contributed by atoms with Crippen molar-refractivity contribution in [2.24, 2.45) is 0 Å². The molecule has 0 bridgehead atoms. The average Bonchev–Trinajstić information content (AvgIpc) is 3.72. The van der Waals surface area contributed by atoms with Crippen LogP contribution in [0.3, 0.4) is 0 Å². The second-order valence-corrected chi connectivity index (χ2v) is 16.6. The zero-order valence-corrected chi connectivity index (χ0v) is 32.0. The van der Waals surface area contributed by atoms with E-state index in [2.05, 4.69) is 58.7 Å². The third kappa shape index (κ3) is 8.53. The van der Waals surface area contributed by atoms with Gasteiger partial charge in [0.05, 0.1) is 43.7 Å². The van der Waals surface area contributed by atoms with Gasteiger partial charge in [0.2, 0.25) is 11.3 Å². The molecule has 5 atom stereocenters. The molecule has 5 rings (SSSR count). The molecule has 51 heavy (non-hydrogen) atoms. The number of fused-ring (bicyclic) bond motifs is 1. The highest BCUT2D eigenvalue weighted by Gasteiger charge is 2.55. The number of ketones is 1. The van der Waals surface area contributed by atoms with Crippen molar-refractivity contribution in [1.29, 1.82) is 5.26 Å². The Labute approximate surface area is 302 Å². The van der Waals surface area contributed by atoms with Crippen molar-refractivity contribution in [3.63, 3.8) is 0 Å². The predicted molar refractivity (Wildman–Crippen MR) is 192 cm³/mol. The molecule has 1 N–H and O–H groups in total. The Morgan fingerprint density at radius 1 is 1.16 bits per heavy atom. The summed E-state index contributed by atoms with van der Waals surface area (Å²) in [7, 11) is -1.65. The van der Waals surface area contributed by atoms with Crippen molar-refractivity contribution in [3.8, 4) is 6.07 Å². The van der Waals surface area contributed by atoms with E-state index >= 15 is 0 Å². The number of nitriles is 1. The summed E-state index contributed by atoms with van der Waals surface area (Å²) in [5, 5.41) is 12.0. The lowest BCUT2D eigenvalue weighted by molar-refractivity contribution is -0.122. The molecule has 0 spiro atoms. The Kier molecular flexibility index (Phi) is 12.4. The van der Waals surface area contributed by atoms with E-state index in [4.69, 9.17) is 18.0 Å². The molecular formula is C34H47N8O7PS. The monoisotopic (exact) mass is 742 g/mol. The quantitative estimate of drug-likeness (QED) is 0.154. The summed E-state index contributed by atoms with van der Waals surface area (Å²) in [6.45, 7) is 15.5. The standard InChI is InChI=1S/C34H47N8O7PS/c1-22(2)41(23(3)4)50(46-16-12-15-35)49-25-17-28(48-26(25)19-47-51(45)42-33(5,6)18-27(43)34(42,7)8)40-21-38-29-30(36-20-37-31(29)40)39-32(44)24-13-10-9-11-14-24/h9-11,13-14,20-23,25-26,28H,12,16-19H2,1-8H3,(H,36,37,39,44)/t25-,26+,28+,50?,51?/m0/s1. The van der Waals surface area contributed by atoms with Crippen LogP contribution in [0.1, 0.15) is 91.2 Å². The molecule has 3 aromatic rings. The number of nitrogens with zero attached hydrogens (tertiary/aromatic N) is 7. The summed E-state index contributed by atoms with van der Waals surface area (Å²) in [6.07, 6.45) is 1.73. The molecule has 0 radical (unpaired) electrons. The number of benzene rings is 1. The van der Waals surface area contributed by atoms with Gasteiger partial charge in [0.15, 0.2) is 22.8 Å². The van der Waals surface area contributed by atoms with Gasteiger partial charge in [-0.1, -0.05) is 18.2 Å². The highest BCUT2D eigenvalue weighted by atomic mass is 32.2. The topological polar surface area (TPSA) is 174 Å². The summed E-state index contributed by atoms with van der Waals surface area (Å²) >= 11 is -1.98. The molecule has 2 fully saturated rings. The second kappa shape index (κ2) is 16.2. The SMILES string of the molecule is CC(C)N(C(C)C)P(OCCC#N)O[C@H]1C[C@H](n2cnc3c(NC(=O)c4ccccc4)ncnc32)O[C@@H]1COS(=O)N1C(C)(C)CC(=O)C1(C)C. The number of imidazole rings is 1. The minimum absolute atomic E-state index is 0.0150. The van der Waals surface area contributed by atoms with Crippen LogP contribution in [-0.4, -0.2) is 93.0 Å². The van der Waals surface area contributed by atoms with Gasteiger partial charge in [-0.25, -0.2) is 23.8 Å². The third-order valence-corrected chi connectivity index (χ3v) is 12.6. The highest BCUT2D eigenvalue weighted by Crippen LogP contribution is 2.50. The predicted octanol–water partition coefficient (Wildman–Crippen LogP) is 5.45. The number of carbonyl (C=O) groups is 2. The smallest absolute Gasteiger partial charge is 0.259 e. The molecule has 2 aliphatic heterocycles. The lowest BCUT2D eigenvalue weighted by atomic mass is 9.99. The van der Waals surface area contributed by atoms with E-state index in [0.717, 1.165) is 0 Å². The summed E-state index contributed by atoms with van der Waals surface area (Å²) in [5.74, 6) is -0.103. The fraction of sp³-hybridized carbons (Fsp3) is 0.588. The molecule has 17 heteroatoms. The van der Waals surface area contributed by atoms with E-state index in [-0.39, 0.29) is 55.6 Å². The van der Waals surface area contributed by atoms with E-state index < -0.39 is 49.3 Å². The summed E-state index contributed by atoms with van der Waals surface area (Å²) in [5.41, 5.74) is -0.385. The van der Waals surface area contributed by atoms with Crippen molar-refractivity contribution in [2.75, 3.05) is 18.5 Å². The Morgan fingerprint density at radius 2 is 1.86 bits per heavy atom. The maximum absolute atomic E-state index is 13.7. The number of hydrogen-bond acceptors (Lipinski definition) is 12. The molecule has 15 nitrogen and oxygen atoms in total. The molecule has 2 aromatic heterocycles. The highest BCUT2D eigenvalue weighted by molar-refractivity contribution is 7.77. The van der Waals surface area contributed by atoms with Crippen molar-refractivity contribution in [2.45, 2.75) is 116 Å². The van der Waals surface area contributed by atoms with Crippen LogP contribution >= 0.6 is 8.53 Å². The normalized spacial score (nSPS) is 22.9. The molecule has 0 saturated carbocycles. The third-order valence-electron chi connectivity index (χ3n) is 8.82. The van der Waals surface area contributed by atoms with Crippen LogP contribution in [0.25, 0.3) is 11.2 Å². The Hall–Kier alpha value is -3.26. The van der Waals surface area contributed by atoms with Crippen molar-refractivity contribution >= 4 is 48.5 Å². The van der Waals surface area contributed by atoms with Gasteiger partial charge < -0.3 is 19.1 Å². The number of anilines is 1. The number of ether oxygens (including phenoxy) is 1. The first-order valence-electron chi connectivity index (χ1n) is 17.0. The van der Waals surface area contributed by atoms with Crippen LogP contribution in [-0.2, 0) is 34.0 Å². The van der Waals surface area contributed by atoms with E-state index in [0.29, 0.717) is 23.1 Å². The first-order valence-corrected chi connectivity index (χ1v) is 19.1. The summed E-state index contributed by atoms with van der Waals surface area (Å²) in [4.78, 5) is 39.0. The number of amides is 1. The van der Waals surface area contributed by atoms with E-state index in [1.807, 2.05) is 19.9 Å². The molecule has 2 saturated heterocycles. The minimum atomic E-state index is -1.98. The largest absolute Gasteiger partial charge is 0.349 e. The number of Topliss-reactive ketones (excluding diaryl/α,β-unsaturated/α-hetero) is 1. The number of rotatable bonds is 15. The fourth-order valence-corrected chi connectivity index (χ4v) is 9.64. The van der Waals surface area contributed by atoms with Gasteiger partial charge in [0.25, 0.3) is 14.4 Å². The van der Waals surface area contributed by atoms with Crippen molar-refractivity contribution in [1.82, 2.24) is 28.5 Å². The van der Waals surface area contributed by atoms with Crippen LogP contribution in [0.4, 0.5) is 5.82 Å². The molecule has 0 aliphatic carbocycles. The van der Waals surface area contributed by atoms with Crippen LogP contribution in [0, 0.1) is 11.3 Å². The number of carbonyl (C=O) groups excluding carboxylic acids is 2. The molecular weight excluding hydrogens is 695 g/mol. The van der Waals surface area contributed by atoms with E-state index in [1.165, 1.54) is 6.33 Å². The van der Waals surface area contributed by atoms with Crippen LogP contribution in [0.15, 0.2) is 43.0 Å². The summed E-state index contributed by atoms with van der Waals surface area (Å²) in [6, 6.07) is 11.0. The lowest BCUT2D eigenvalue weighted by Crippen LogP contribution is -2.51. The number of hydrogen-bond donors (Lipinski definition) is 1. The van der Waals surface area contributed by atoms with Gasteiger partial charge in [-0.15, -0.1) is 0 Å². The fourth-order valence-electron chi connectivity index (χ4n) is 6.58. The molecule has 1 amide bonds. The number of nitrogens with one attached hydrogen (secondary N) is 1. The van der Waals surface area contributed by atoms with Crippen LogP contribution < -0.4 is 5.32 Å². The summed E-state index contributed by atoms with van der Waals surface area (Å²) < 4.78 is 44.7. The first-order chi connectivity index (χ1) is 24.1. The lowest BCUT2D eigenvalue weighted by Gasteiger charge is -2.37. The van der Waals surface area contributed by atoms with Gasteiger partial charge in [-0.2, -0.15) is 9.57 Å². The van der Waals surface area contributed by atoms with Crippen molar-refractivity contribution < 1.29 is 31.8 Å². The number of aromatic nitrogens is 4. The van der Waals surface area contributed by atoms with Gasteiger partial charge >= 0.3 is 0 Å². The van der Waals surface area contributed by atoms with Gasteiger partial charge in [-0.05, 0) is 67.5 Å². The average molecular weight is 743 g/mol. The maximum atomic E-state index is 13.7. The van der Waals surface area contributed by atoms with Crippen molar-refractivity contribution in [3.05, 3.63) is 48.5 Å². The van der Waals surface area contributed by atoms with Gasteiger partial charge in [0.1, 0.15) is 18.7 Å².